The van der Waals surface area contributed by atoms with E-state index in [1.165, 1.54) is 51.6 Å². The zero-order valence-electron chi connectivity index (χ0n) is 11.3. The van der Waals surface area contributed by atoms with E-state index in [0.29, 0.717) is 0 Å². The van der Waals surface area contributed by atoms with Crippen LogP contribution in [0.2, 0.25) is 0 Å². The Balaban J connectivity index is 3.38. The van der Waals surface area contributed by atoms with Gasteiger partial charge < -0.3 is 5.32 Å². The first-order valence-corrected chi connectivity index (χ1v) is 6.93. The van der Waals surface area contributed by atoms with E-state index < -0.39 is 0 Å². The molecule has 0 bridgehead atoms. The van der Waals surface area contributed by atoms with Gasteiger partial charge in [-0.1, -0.05) is 59.8 Å². The second-order valence-electron chi connectivity index (χ2n) is 5.01. The molecule has 0 fully saturated rings. The normalized spacial score (nSPS) is 15.2. The molecule has 1 heteroatoms. The molecule has 0 heterocycles. The van der Waals surface area contributed by atoms with E-state index in [-0.39, 0.29) is 0 Å². The van der Waals surface area contributed by atoms with Gasteiger partial charge in [-0.25, -0.2) is 0 Å². The average Bonchev–Trinajstić information content (AvgIpc) is 2.24. The molecule has 0 saturated carbocycles. The molecule has 0 aromatic heterocycles. The van der Waals surface area contributed by atoms with Crippen molar-refractivity contribution in [3.05, 3.63) is 0 Å². The van der Waals surface area contributed by atoms with Crippen LogP contribution in [0, 0.1) is 11.8 Å². The van der Waals surface area contributed by atoms with E-state index in [1.54, 1.807) is 0 Å². The van der Waals surface area contributed by atoms with Gasteiger partial charge in [0.2, 0.25) is 0 Å². The van der Waals surface area contributed by atoms with Crippen molar-refractivity contribution in [2.75, 3.05) is 13.1 Å². The van der Waals surface area contributed by atoms with E-state index in [9.17, 15) is 0 Å². The van der Waals surface area contributed by atoms with Gasteiger partial charge in [-0.3, -0.25) is 0 Å². The van der Waals surface area contributed by atoms with Crippen LogP contribution in [0.5, 0.6) is 0 Å². The zero-order chi connectivity index (χ0) is 11.5. The molecule has 0 aromatic carbocycles. The van der Waals surface area contributed by atoms with Gasteiger partial charge in [0.1, 0.15) is 0 Å². The van der Waals surface area contributed by atoms with Crippen LogP contribution in [0.1, 0.15) is 66.2 Å². The molecule has 0 spiro atoms. The highest BCUT2D eigenvalue weighted by Crippen LogP contribution is 2.18. The third-order valence-corrected chi connectivity index (χ3v) is 3.38. The summed E-state index contributed by atoms with van der Waals surface area (Å²) in [7, 11) is 0. The molecule has 0 aliphatic heterocycles. The van der Waals surface area contributed by atoms with Crippen molar-refractivity contribution in [2.45, 2.75) is 66.2 Å². The molecular formula is C14H31N. The molecule has 15 heavy (non-hydrogen) atoms. The van der Waals surface area contributed by atoms with E-state index in [0.717, 1.165) is 11.8 Å². The predicted octanol–water partition coefficient (Wildman–Crippen LogP) is 4.23. The van der Waals surface area contributed by atoms with Crippen LogP contribution in [-0.2, 0) is 0 Å². The highest BCUT2D eigenvalue weighted by Gasteiger charge is 2.10. The summed E-state index contributed by atoms with van der Waals surface area (Å²) >= 11 is 0. The lowest BCUT2D eigenvalue weighted by molar-refractivity contribution is 0.337. The van der Waals surface area contributed by atoms with Gasteiger partial charge in [-0.2, -0.15) is 0 Å². The van der Waals surface area contributed by atoms with Crippen molar-refractivity contribution in [1.29, 1.82) is 0 Å². The molecule has 2 unspecified atom stereocenters. The standard InChI is InChI=1S/C14H31N/c1-5-7-8-9-10-13(3)14(4)12-15-11-6-2/h13-15H,5-12H2,1-4H3. The first-order chi connectivity index (χ1) is 7.22. The maximum absolute atomic E-state index is 3.52. The predicted molar refractivity (Wildman–Crippen MR) is 70.2 cm³/mol. The molecule has 1 nitrogen and oxygen atoms in total. The second kappa shape index (κ2) is 10.5. The number of rotatable bonds is 10. The summed E-state index contributed by atoms with van der Waals surface area (Å²) in [5.74, 6) is 1.71. The van der Waals surface area contributed by atoms with Crippen molar-refractivity contribution in [1.82, 2.24) is 5.32 Å². The Bertz CT molecular complexity index is 123. The largest absolute Gasteiger partial charge is 0.316 e. The lowest BCUT2D eigenvalue weighted by Crippen LogP contribution is -2.25. The molecule has 0 aliphatic rings. The molecule has 2 atom stereocenters. The van der Waals surface area contributed by atoms with Crippen LogP contribution >= 0.6 is 0 Å². The van der Waals surface area contributed by atoms with Crippen molar-refractivity contribution >= 4 is 0 Å². The summed E-state index contributed by atoms with van der Waals surface area (Å²) in [4.78, 5) is 0. The molecule has 0 aliphatic carbocycles. The van der Waals surface area contributed by atoms with E-state index >= 15 is 0 Å². The van der Waals surface area contributed by atoms with Crippen LogP contribution in [0.25, 0.3) is 0 Å². The molecular weight excluding hydrogens is 182 g/mol. The Morgan fingerprint density at radius 1 is 0.867 bits per heavy atom. The molecule has 0 aromatic rings. The fourth-order valence-electron chi connectivity index (χ4n) is 1.89. The Hall–Kier alpha value is -0.0400. The third kappa shape index (κ3) is 8.92. The Morgan fingerprint density at radius 3 is 2.20 bits per heavy atom. The zero-order valence-corrected chi connectivity index (χ0v) is 11.3. The number of hydrogen-bond acceptors (Lipinski definition) is 1. The van der Waals surface area contributed by atoms with Gasteiger partial charge in [-0.05, 0) is 31.3 Å². The summed E-state index contributed by atoms with van der Waals surface area (Å²) in [5, 5.41) is 3.52. The van der Waals surface area contributed by atoms with Gasteiger partial charge in [0.05, 0.1) is 0 Å². The highest BCUT2D eigenvalue weighted by atomic mass is 14.8. The Labute approximate surface area is 97.0 Å². The molecule has 0 amide bonds. The van der Waals surface area contributed by atoms with Crippen LogP contribution in [0.3, 0.4) is 0 Å². The molecule has 92 valence electrons. The van der Waals surface area contributed by atoms with E-state index in [1.807, 2.05) is 0 Å². The van der Waals surface area contributed by atoms with Gasteiger partial charge in [0, 0.05) is 0 Å². The lowest BCUT2D eigenvalue weighted by atomic mass is 9.90. The van der Waals surface area contributed by atoms with Gasteiger partial charge in [0.25, 0.3) is 0 Å². The minimum Gasteiger partial charge on any atom is -0.316 e. The Morgan fingerprint density at radius 2 is 1.60 bits per heavy atom. The van der Waals surface area contributed by atoms with Crippen molar-refractivity contribution in [3.63, 3.8) is 0 Å². The monoisotopic (exact) mass is 213 g/mol. The fourth-order valence-corrected chi connectivity index (χ4v) is 1.89. The average molecular weight is 213 g/mol. The van der Waals surface area contributed by atoms with Crippen LogP contribution in [-0.4, -0.2) is 13.1 Å². The first kappa shape index (κ1) is 15.0. The van der Waals surface area contributed by atoms with Crippen molar-refractivity contribution in [3.8, 4) is 0 Å². The van der Waals surface area contributed by atoms with Gasteiger partial charge in [-0.15, -0.1) is 0 Å². The molecule has 0 radical (unpaired) electrons. The smallest absolute Gasteiger partial charge is 0.00206 e. The van der Waals surface area contributed by atoms with Crippen LogP contribution in [0.15, 0.2) is 0 Å². The van der Waals surface area contributed by atoms with Gasteiger partial charge in [0.15, 0.2) is 0 Å². The maximum atomic E-state index is 3.52. The van der Waals surface area contributed by atoms with Crippen LogP contribution < -0.4 is 5.32 Å². The van der Waals surface area contributed by atoms with Gasteiger partial charge >= 0.3 is 0 Å². The topological polar surface area (TPSA) is 12.0 Å². The minimum atomic E-state index is 0.832. The molecule has 1 N–H and O–H groups in total. The van der Waals surface area contributed by atoms with E-state index in [2.05, 4.69) is 33.0 Å². The van der Waals surface area contributed by atoms with Crippen molar-refractivity contribution in [2.24, 2.45) is 11.8 Å². The number of nitrogens with one attached hydrogen (secondary N) is 1. The minimum absolute atomic E-state index is 0.832. The fraction of sp³-hybridized carbons (Fsp3) is 1.00. The summed E-state index contributed by atoms with van der Waals surface area (Å²) in [5.41, 5.74) is 0. The number of unbranched alkanes of at least 4 members (excludes halogenated alkanes) is 3. The summed E-state index contributed by atoms with van der Waals surface area (Å²) in [6.45, 7) is 11.7. The van der Waals surface area contributed by atoms with Crippen LogP contribution in [0.4, 0.5) is 0 Å². The molecule has 0 rings (SSSR count). The van der Waals surface area contributed by atoms with Crippen molar-refractivity contribution < 1.29 is 0 Å². The quantitative estimate of drug-likeness (QED) is 0.536. The summed E-state index contributed by atoms with van der Waals surface area (Å²) < 4.78 is 0. The summed E-state index contributed by atoms with van der Waals surface area (Å²) in [6.07, 6.45) is 8.27. The highest BCUT2D eigenvalue weighted by molar-refractivity contribution is 4.64. The Kier molecular flexibility index (Phi) is 10.4. The third-order valence-electron chi connectivity index (χ3n) is 3.38. The summed E-state index contributed by atoms with van der Waals surface area (Å²) in [6, 6.07) is 0. The van der Waals surface area contributed by atoms with E-state index in [4.69, 9.17) is 0 Å². The second-order valence-corrected chi connectivity index (χ2v) is 5.01. The first-order valence-electron chi connectivity index (χ1n) is 6.93. The SMILES string of the molecule is CCCCCCC(C)C(C)CNCCC. The number of hydrogen-bond donors (Lipinski definition) is 1. The lowest BCUT2D eigenvalue weighted by Gasteiger charge is -2.20. The maximum Gasteiger partial charge on any atom is -0.00206 e. The molecule has 0 saturated heterocycles.